The molecule has 0 saturated carbocycles. The lowest BCUT2D eigenvalue weighted by Crippen LogP contribution is -2.31. The Morgan fingerprint density at radius 3 is 2.60 bits per heavy atom. The molecule has 0 unspecified atom stereocenters. The lowest BCUT2D eigenvalue weighted by molar-refractivity contribution is -0.134. The first kappa shape index (κ1) is 16.2. The summed E-state index contributed by atoms with van der Waals surface area (Å²) in [5.74, 6) is -0.592. The Morgan fingerprint density at radius 1 is 1.40 bits per heavy atom. The van der Waals surface area contributed by atoms with E-state index in [0.717, 1.165) is 0 Å². The number of hydrazone groups is 1. The SMILES string of the molecule is CCOC(=O)/C(=N/NC(=O)OC(C)(C)C)c1cccs1. The molecule has 0 radical (unpaired) electrons. The van der Waals surface area contributed by atoms with Gasteiger partial charge in [0.05, 0.1) is 11.5 Å². The molecule has 1 amide bonds. The van der Waals surface area contributed by atoms with Crippen molar-refractivity contribution in [3.05, 3.63) is 22.4 Å². The molecule has 1 rings (SSSR count). The Bertz CT molecular complexity index is 489. The highest BCUT2D eigenvalue weighted by Crippen LogP contribution is 2.11. The van der Waals surface area contributed by atoms with Gasteiger partial charge in [0.25, 0.3) is 0 Å². The maximum absolute atomic E-state index is 11.8. The van der Waals surface area contributed by atoms with Gasteiger partial charge in [0.15, 0.2) is 5.71 Å². The van der Waals surface area contributed by atoms with E-state index in [1.54, 1.807) is 45.2 Å². The molecule has 0 fully saturated rings. The molecule has 0 saturated heterocycles. The second-order valence-electron chi connectivity index (χ2n) is 4.77. The van der Waals surface area contributed by atoms with Gasteiger partial charge >= 0.3 is 12.1 Å². The molecule has 1 aromatic rings. The Labute approximate surface area is 121 Å². The van der Waals surface area contributed by atoms with E-state index in [1.807, 2.05) is 0 Å². The number of esters is 1. The number of hydrogen-bond donors (Lipinski definition) is 1. The zero-order valence-electron chi connectivity index (χ0n) is 11.9. The van der Waals surface area contributed by atoms with E-state index in [1.165, 1.54) is 11.3 Å². The largest absolute Gasteiger partial charge is 0.461 e. The number of hydrogen-bond acceptors (Lipinski definition) is 6. The van der Waals surface area contributed by atoms with Crippen LogP contribution in [0.5, 0.6) is 0 Å². The van der Waals surface area contributed by atoms with E-state index in [2.05, 4.69) is 10.5 Å². The molecule has 20 heavy (non-hydrogen) atoms. The van der Waals surface area contributed by atoms with Crippen molar-refractivity contribution in [1.82, 2.24) is 5.43 Å². The molecule has 0 atom stereocenters. The standard InChI is InChI=1S/C13H18N2O4S/c1-5-18-11(16)10(9-7-6-8-20-9)14-15-12(17)19-13(2,3)4/h6-8H,5H2,1-4H3,(H,15,17)/b14-10+. The number of thiophene rings is 1. The van der Waals surface area contributed by atoms with Gasteiger partial charge in [0, 0.05) is 0 Å². The van der Waals surface area contributed by atoms with Crippen molar-refractivity contribution in [2.24, 2.45) is 5.10 Å². The van der Waals surface area contributed by atoms with Gasteiger partial charge in [-0.3, -0.25) is 0 Å². The second kappa shape index (κ2) is 7.04. The minimum Gasteiger partial charge on any atom is -0.461 e. The predicted octanol–water partition coefficient (Wildman–Crippen LogP) is 2.54. The fourth-order valence-electron chi connectivity index (χ4n) is 1.22. The average molecular weight is 298 g/mol. The predicted molar refractivity (Wildman–Crippen MR) is 76.9 cm³/mol. The van der Waals surface area contributed by atoms with Crippen LogP contribution in [0.1, 0.15) is 32.6 Å². The first-order valence-corrected chi connectivity index (χ1v) is 6.99. The van der Waals surface area contributed by atoms with Gasteiger partial charge < -0.3 is 9.47 Å². The Kier molecular flexibility index (Phi) is 5.69. The van der Waals surface area contributed by atoms with E-state index in [-0.39, 0.29) is 12.3 Å². The van der Waals surface area contributed by atoms with Crippen molar-refractivity contribution < 1.29 is 19.1 Å². The summed E-state index contributed by atoms with van der Waals surface area (Å²) in [5, 5.41) is 5.60. The normalized spacial score (nSPS) is 11.9. The molecular weight excluding hydrogens is 280 g/mol. The van der Waals surface area contributed by atoms with E-state index < -0.39 is 17.7 Å². The number of carbonyl (C=O) groups is 2. The molecular formula is C13H18N2O4S. The summed E-state index contributed by atoms with van der Waals surface area (Å²) in [7, 11) is 0. The summed E-state index contributed by atoms with van der Waals surface area (Å²) in [6.07, 6.45) is -0.726. The summed E-state index contributed by atoms with van der Waals surface area (Å²) in [6, 6.07) is 3.50. The van der Waals surface area contributed by atoms with Gasteiger partial charge in [-0.1, -0.05) is 6.07 Å². The highest BCUT2D eigenvalue weighted by Gasteiger charge is 2.19. The molecule has 6 nitrogen and oxygen atoms in total. The first-order valence-electron chi connectivity index (χ1n) is 6.11. The fraction of sp³-hybridized carbons (Fsp3) is 0.462. The third kappa shape index (κ3) is 5.40. The third-order valence-electron chi connectivity index (χ3n) is 1.88. The summed E-state index contributed by atoms with van der Waals surface area (Å²) in [6.45, 7) is 7.15. The van der Waals surface area contributed by atoms with Crippen LogP contribution in [-0.4, -0.2) is 30.0 Å². The topological polar surface area (TPSA) is 77.0 Å². The van der Waals surface area contributed by atoms with E-state index in [9.17, 15) is 9.59 Å². The lowest BCUT2D eigenvalue weighted by atomic mass is 10.2. The molecule has 0 aliphatic heterocycles. The third-order valence-corrected chi connectivity index (χ3v) is 2.76. The second-order valence-corrected chi connectivity index (χ2v) is 5.72. The minimum atomic E-state index is -0.726. The Hall–Kier alpha value is -1.89. The molecule has 0 aromatic carbocycles. The number of nitrogens with one attached hydrogen (secondary N) is 1. The lowest BCUT2D eigenvalue weighted by Gasteiger charge is -2.18. The van der Waals surface area contributed by atoms with Crippen molar-refractivity contribution in [3.63, 3.8) is 0 Å². The van der Waals surface area contributed by atoms with E-state index in [4.69, 9.17) is 9.47 Å². The van der Waals surface area contributed by atoms with Crippen LogP contribution in [0.3, 0.4) is 0 Å². The van der Waals surface area contributed by atoms with Gasteiger partial charge in [0.1, 0.15) is 5.60 Å². The average Bonchev–Trinajstić information content (AvgIpc) is 2.80. The van der Waals surface area contributed by atoms with E-state index >= 15 is 0 Å². The van der Waals surface area contributed by atoms with E-state index in [0.29, 0.717) is 4.88 Å². The van der Waals surface area contributed by atoms with Gasteiger partial charge in [-0.2, -0.15) is 5.10 Å². The van der Waals surface area contributed by atoms with Crippen LogP contribution >= 0.6 is 11.3 Å². The van der Waals surface area contributed by atoms with Crippen molar-refractivity contribution >= 4 is 29.1 Å². The molecule has 1 aromatic heterocycles. The Morgan fingerprint density at radius 2 is 2.10 bits per heavy atom. The zero-order valence-corrected chi connectivity index (χ0v) is 12.7. The van der Waals surface area contributed by atoms with Crippen LogP contribution in [0.2, 0.25) is 0 Å². The molecule has 0 bridgehead atoms. The number of carbonyl (C=O) groups excluding carboxylic acids is 2. The summed E-state index contributed by atoms with van der Waals surface area (Å²) in [5.41, 5.74) is 1.62. The summed E-state index contributed by atoms with van der Waals surface area (Å²) in [4.78, 5) is 23.9. The maximum atomic E-state index is 11.8. The van der Waals surface area contributed by atoms with Crippen LogP contribution in [0.25, 0.3) is 0 Å². The molecule has 0 aliphatic rings. The highest BCUT2D eigenvalue weighted by molar-refractivity contribution is 7.13. The minimum absolute atomic E-state index is 0.0488. The van der Waals surface area contributed by atoms with Crippen LogP contribution < -0.4 is 5.43 Å². The van der Waals surface area contributed by atoms with Crippen LogP contribution in [-0.2, 0) is 14.3 Å². The molecule has 7 heteroatoms. The van der Waals surface area contributed by atoms with Gasteiger partial charge in [0.2, 0.25) is 0 Å². The quantitative estimate of drug-likeness (QED) is 0.526. The number of rotatable bonds is 4. The number of ether oxygens (including phenoxy) is 2. The summed E-state index contributed by atoms with van der Waals surface area (Å²) >= 11 is 1.33. The first-order chi connectivity index (χ1) is 9.33. The van der Waals surface area contributed by atoms with Crippen LogP contribution in [0, 0.1) is 0 Å². The maximum Gasteiger partial charge on any atom is 0.428 e. The van der Waals surface area contributed by atoms with Crippen molar-refractivity contribution in [2.45, 2.75) is 33.3 Å². The summed E-state index contributed by atoms with van der Waals surface area (Å²) < 4.78 is 9.95. The molecule has 1 heterocycles. The van der Waals surface area contributed by atoms with Crippen LogP contribution in [0.15, 0.2) is 22.6 Å². The van der Waals surface area contributed by atoms with Gasteiger partial charge in [-0.05, 0) is 39.1 Å². The molecule has 0 aliphatic carbocycles. The smallest absolute Gasteiger partial charge is 0.428 e. The molecule has 110 valence electrons. The molecule has 0 spiro atoms. The van der Waals surface area contributed by atoms with Gasteiger partial charge in [-0.15, -0.1) is 11.3 Å². The fourth-order valence-corrected chi connectivity index (χ4v) is 1.92. The highest BCUT2D eigenvalue weighted by atomic mass is 32.1. The monoisotopic (exact) mass is 298 g/mol. The van der Waals surface area contributed by atoms with Crippen LogP contribution in [0.4, 0.5) is 4.79 Å². The zero-order chi connectivity index (χ0) is 15.2. The van der Waals surface area contributed by atoms with Gasteiger partial charge in [-0.25, -0.2) is 15.0 Å². The van der Waals surface area contributed by atoms with Crippen molar-refractivity contribution in [2.75, 3.05) is 6.61 Å². The number of amides is 1. The van der Waals surface area contributed by atoms with Crippen molar-refractivity contribution in [1.29, 1.82) is 0 Å². The Balaban J connectivity index is 2.81. The molecule has 1 N–H and O–H groups in total. The number of nitrogens with zero attached hydrogens (tertiary/aromatic N) is 1. The van der Waals surface area contributed by atoms with Crippen molar-refractivity contribution in [3.8, 4) is 0 Å².